The molecule has 1 saturated carbocycles. The highest BCUT2D eigenvalue weighted by Gasteiger charge is 2.30. The van der Waals surface area contributed by atoms with Gasteiger partial charge < -0.3 is 5.11 Å². The molecule has 1 fully saturated rings. The molecule has 13 heavy (non-hydrogen) atoms. The first kappa shape index (κ1) is 11.0. The van der Waals surface area contributed by atoms with E-state index in [1.165, 1.54) is 19.3 Å². The van der Waals surface area contributed by atoms with Gasteiger partial charge in [-0.15, -0.1) is 0 Å². The summed E-state index contributed by atoms with van der Waals surface area (Å²) in [6, 6.07) is 0. The minimum absolute atomic E-state index is 0.0161. The molecule has 1 aliphatic rings. The predicted octanol–water partition coefficient (Wildman–Crippen LogP) is 3.22. The third-order valence-corrected chi connectivity index (χ3v) is 3.04. The Morgan fingerprint density at radius 1 is 1.31 bits per heavy atom. The fourth-order valence-electron chi connectivity index (χ4n) is 2.47. The Balaban J connectivity index is 2.21. The van der Waals surface area contributed by atoms with Crippen LogP contribution in [0.5, 0.6) is 0 Å². The number of aliphatic hydroxyl groups is 1. The molecule has 0 aromatic carbocycles. The third-order valence-electron chi connectivity index (χ3n) is 3.04. The highest BCUT2D eigenvalue weighted by Crippen LogP contribution is 2.36. The average molecular weight is 184 g/mol. The lowest BCUT2D eigenvalue weighted by Gasteiger charge is -2.35. The Morgan fingerprint density at radius 2 is 1.92 bits per heavy atom. The Morgan fingerprint density at radius 3 is 2.23 bits per heavy atom. The topological polar surface area (TPSA) is 20.2 Å². The van der Waals surface area contributed by atoms with Crippen molar-refractivity contribution < 1.29 is 5.11 Å². The lowest BCUT2D eigenvalue weighted by molar-refractivity contribution is 0.00877. The van der Waals surface area contributed by atoms with Gasteiger partial charge in [-0.05, 0) is 42.9 Å². The molecule has 1 nitrogen and oxygen atoms in total. The molecule has 0 spiro atoms. The molecule has 3 atom stereocenters. The van der Waals surface area contributed by atoms with E-state index in [2.05, 4.69) is 27.7 Å². The van der Waals surface area contributed by atoms with Crippen LogP contribution in [0.25, 0.3) is 0 Å². The van der Waals surface area contributed by atoms with Gasteiger partial charge >= 0.3 is 0 Å². The molecule has 0 heterocycles. The summed E-state index contributed by atoms with van der Waals surface area (Å²) in [6.07, 6.45) is 4.79. The molecule has 78 valence electrons. The van der Waals surface area contributed by atoms with Crippen LogP contribution < -0.4 is 0 Å². The maximum Gasteiger partial charge on any atom is 0.0568 e. The van der Waals surface area contributed by atoms with E-state index in [-0.39, 0.29) is 6.10 Å². The van der Waals surface area contributed by atoms with Gasteiger partial charge in [0.15, 0.2) is 0 Å². The summed E-state index contributed by atoms with van der Waals surface area (Å²) in [4.78, 5) is 0. The summed E-state index contributed by atoms with van der Waals surface area (Å²) < 4.78 is 0. The zero-order chi connectivity index (χ0) is 10.1. The molecule has 0 aromatic rings. The van der Waals surface area contributed by atoms with Crippen molar-refractivity contribution in [1.29, 1.82) is 0 Å². The van der Waals surface area contributed by atoms with Gasteiger partial charge in [0.25, 0.3) is 0 Å². The summed E-state index contributed by atoms with van der Waals surface area (Å²) in [6.45, 7) is 9.19. The van der Waals surface area contributed by atoms with Crippen molar-refractivity contribution in [3.8, 4) is 0 Å². The Kier molecular flexibility index (Phi) is 3.39. The average Bonchev–Trinajstić information content (AvgIpc) is 1.94. The van der Waals surface area contributed by atoms with Gasteiger partial charge in [-0.25, -0.2) is 0 Å². The van der Waals surface area contributed by atoms with Crippen LogP contribution in [-0.4, -0.2) is 11.2 Å². The molecule has 0 amide bonds. The van der Waals surface area contributed by atoms with Gasteiger partial charge in [-0.1, -0.05) is 27.7 Å². The molecule has 0 bridgehead atoms. The number of aliphatic hydroxyl groups excluding tert-OH is 1. The minimum Gasteiger partial charge on any atom is -0.393 e. The third kappa shape index (κ3) is 3.68. The van der Waals surface area contributed by atoms with E-state index in [0.29, 0.717) is 11.3 Å². The summed E-state index contributed by atoms with van der Waals surface area (Å²) in [5, 5.41) is 9.45. The van der Waals surface area contributed by atoms with Crippen molar-refractivity contribution >= 4 is 0 Å². The number of hydrogen-bond acceptors (Lipinski definition) is 1. The zero-order valence-electron chi connectivity index (χ0n) is 9.51. The molecule has 1 heteroatoms. The lowest BCUT2D eigenvalue weighted by atomic mass is 9.73. The van der Waals surface area contributed by atoms with Gasteiger partial charge in [0.05, 0.1) is 6.10 Å². The van der Waals surface area contributed by atoms with E-state index in [1.54, 1.807) is 0 Å². The van der Waals surface area contributed by atoms with Gasteiger partial charge in [0.2, 0.25) is 0 Å². The van der Waals surface area contributed by atoms with E-state index < -0.39 is 0 Å². The summed E-state index contributed by atoms with van der Waals surface area (Å²) >= 11 is 0. The fourth-order valence-corrected chi connectivity index (χ4v) is 2.47. The molecule has 0 saturated heterocycles. The van der Waals surface area contributed by atoms with Crippen molar-refractivity contribution in [3.05, 3.63) is 0 Å². The van der Waals surface area contributed by atoms with Crippen molar-refractivity contribution in [3.63, 3.8) is 0 Å². The summed E-state index contributed by atoms with van der Waals surface area (Å²) in [7, 11) is 0. The van der Waals surface area contributed by atoms with Crippen LogP contribution in [0.1, 0.15) is 53.4 Å². The molecular formula is C12H24O. The summed E-state index contributed by atoms with van der Waals surface area (Å²) in [5.41, 5.74) is 0.439. The smallest absolute Gasteiger partial charge is 0.0568 e. The SMILES string of the molecule is CC(CC1CCC1O)CC(C)(C)C. The molecular weight excluding hydrogens is 160 g/mol. The van der Waals surface area contributed by atoms with Crippen LogP contribution in [-0.2, 0) is 0 Å². The quantitative estimate of drug-likeness (QED) is 0.714. The highest BCUT2D eigenvalue weighted by atomic mass is 16.3. The largest absolute Gasteiger partial charge is 0.393 e. The number of rotatable bonds is 3. The first-order valence-corrected chi connectivity index (χ1v) is 5.56. The normalized spacial score (nSPS) is 31.2. The monoisotopic (exact) mass is 184 g/mol. The Labute approximate surface area is 82.5 Å². The van der Waals surface area contributed by atoms with Crippen molar-refractivity contribution in [1.82, 2.24) is 0 Å². The minimum atomic E-state index is 0.0161. The van der Waals surface area contributed by atoms with Crippen LogP contribution in [0, 0.1) is 17.3 Å². The van der Waals surface area contributed by atoms with Gasteiger partial charge in [0.1, 0.15) is 0 Å². The lowest BCUT2D eigenvalue weighted by Crippen LogP contribution is -2.32. The van der Waals surface area contributed by atoms with Gasteiger partial charge in [-0.2, -0.15) is 0 Å². The molecule has 0 radical (unpaired) electrons. The molecule has 1 N–H and O–H groups in total. The second kappa shape index (κ2) is 4.00. The van der Waals surface area contributed by atoms with Crippen molar-refractivity contribution in [2.45, 2.75) is 59.5 Å². The van der Waals surface area contributed by atoms with E-state index >= 15 is 0 Å². The van der Waals surface area contributed by atoms with Crippen molar-refractivity contribution in [2.75, 3.05) is 0 Å². The second-order valence-electron chi connectivity index (χ2n) is 6.01. The zero-order valence-corrected chi connectivity index (χ0v) is 9.51. The maximum absolute atomic E-state index is 9.45. The van der Waals surface area contributed by atoms with E-state index in [4.69, 9.17) is 0 Å². The van der Waals surface area contributed by atoms with Crippen LogP contribution in [0.3, 0.4) is 0 Å². The van der Waals surface area contributed by atoms with Crippen LogP contribution >= 0.6 is 0 Å². The van der Waals surface area contributed by atoms with Crippen LogP contribution in [0.15, 0.2) is 0 Å². The fraction of sp³-hybridized carbons (Fsp3) is 1.00. The van der Waals surface area contributed by atoms with Crippen LogP contribution in [0.4, 0.5) is 0 Å². The second-order valence-corrected chi connectivity index (χ2v) is 6.01. The maximum atomic E-state index is 9.45. The van der Waals surface area contributed by atoms with Crippen molar-refractivity contribution in [2.24, 2.45) is 17.3 Å². The Hall–Kier alpha value is -0.0400. The van der Waals surface area contributed by atoms with Gasteiger partial charge in [-0.3, -0.25) is 0 Å². The summed E-state index contributed by atoms with van der Waals surface area (Å²) in [5.74, 6) is 1.37. The number of hydrogen-bond donors (Lipinski definition) is 1. The standard InChI is InChI=1S/C12H24O/c1-9(8-12(2,3)4)7-10-5-6-11(10)13/h9-11,13H,5-8H2,1-4H3. The van der Waals surface area contributed by atoms with E-state index in [1.807, 2.05) is 0 Å². The molecule has 1 aliphatic carbocycles. The molecule has 0 aromatic heterocycles. The van der Waals surface area contributed by atoms with E-state index in [9.17, 15) is 5.11 Å². The Bertz CT molecular complexity index is 157. The molecule has 0 aliphatic heterocycles. The first-order valence-electron chi connectivity index (χ1n) is 5.56. The first-order chi connectivity index (χ1) is 5.88. The van der Waals surface area contributed by atoms with E-state index in [0.717, 1.165) is 12.3 Å². The predicted molar refractivity (Wildman–Crippen MR) is 56.6 cm³/mol. The molecule has 1 rings (SSSR count). The molecule has 3 unspecified atom stereocenters. The highest BCUT2D eigenvalue weighted by molar-refractivity contribution is 4.82. The van der Waals surface area contributed by atoms with Crippen LogP contribution in [0.2, 0.25) is 0 Å². The van der Waals surface area contributed by atoms with Gasteiger partial charge in [0, 0.05) is 0 Å².